The standard InChI is InChI=1S/C33H42N4O6/c1-37(20-18-27-7-5-6-19-34-27)22-29-21-30(25-12-10-24(23-38)11-13-25)43-33(42-29)26-14-16-28(17-15-26)35-31(39)8-3-2-4-9-32(40)36-41/h5-7,10-17,19,29-30,33,38,41H,2-4,8-9,18,20-23H2,1H3,(H,35,39)(H,36,40)/t29-,30+,33+/m1/s1. The number of aliphatic hydroxyl groups is 1. The summed E-state index contributed by atoms with van der Waals surface area (Å²) < 4.78 is 12.9. The minimum atomic E-state index is -0.577. The van der Waals surface area contributed by atoms with E-state index in [1.165, 1.54) is 0 Å². The van der Waals surface area contributed by atoms with Crippen LogP contribution in [0.5, 0.6) is 0 Å². The van der Waals surface area contributed by atoms with Crippen LogP contribution in [0, 0.1) is 0 Å². The summed E-state index contributed by atoms with van der Waals surface area (Å²) in [6.45, 7) is 1.58. The highest BCUT2D eigenvalue weighted by molar-refractivity contribution is 5.90. The molecule has 1 fully saturated rings. The van der Waals surface area contributed by atoms with Crippen molar-refractivity contribution in [3.05, 3.63) is 95.3 Å². The SMILES string of the molecule is CN(CCc1ccccn1)C[C@H]1C[C@@H](c2ccc(CO)cc2)O[C@@H](c2ccc(NC(=O)CCCCCC(=O)NO)cc2)O1. The van der Waals surface area contributed by atoms with Crippen molar-refractivity contribution >= 4 is 17.5 Å². The van der Waals surface area contributed by atoms with Crippen molar-refractivity contribution in [1.82, 2.24) is 15.4 Å². The number of pyridine rings is 1. The van der Waals surface area contributed by atoms with Gasteiger partial charge in [-0.2, -0.15) is 0 Å². The number of aliphatic hydroxyl groups excluding tert-OH is 1. The molecule has 1 aromatic heterocycles. The largest absolute Gasteiger partial charge is 0.392 e. The number of nitrogens with one attached hydrogen (secondary N) is 2. The second-order valence-electron chi connectivity index (χ2n) is 10.9. The lowest BCUT2D eigenvalue weighted by atomic mass is 9.99. The van der Waals surface area contributed by atoms with Crippen LogP contribution in [0.3, 0.4) is 0 Å². The highest BCUT2D eigenvalue weighted by Gasteiger charge is 2.32. The van der Waals surface area contributed by atoms with Gasteiger partial charge in [-0.15, -0.1) is 0 Å². The molecule has 0 bridgehead atoms. The molecule has 0 radical (unpaired) electrons. The monoisotopic (exact) mass is 590 g/mol. The lowest BCUT2D eigenvalue weighted by Crippen LogP contribution is -2.38. The molecule has 43 heavy (non-hydrogen) atoms. The molecule has 4 N–H and O–H groups in total. The van der Waals surface area contributed by atoms with Crippen LogP contribution >= 0.6 is 0 Å². The molecule has 1 aliphatic heterocycles. The Balaban J connectivity index is 1.35. The van der Waals surface area contributed by atoms with Gasteiger partial charge in [0.25, 0.3) is 0 Å². The molecule has 0 spiro atoms. The third kappa shape index (κ3) is 10.5. The number of amides is 2. The minimum Gasteiger partial charge on any atom is -0.392 e. The number of carbonyl (C=O) groups is 2. The number of unbranched alkanes of at least 4 members (excludes halogenated alkanes) is 2. The van der Waals surface area contributed by atoms with Crippen molar-refractivity contribution in [2.45, 2.75) is 70.1 Å². The summed E-state index contributed by atoms with van der Waals surface area (Å²) in [5, 5.41) is 20.9. The van der Waals surface area contributed by atoms with Gasteiger partial charge in [-0.25, -0.2) is 5.48 Å². The summed E-state index contributed by atoms with van der Waals surface area (Å²) in [7, 11) is 2.09. The maximum atomic E-state index is 12.4. The number of ether oxygens (including phenoxy) is 2. The van der Waals surface area contributed by atoms with Crippen molar-refractivity contribution in [3.8, 4) is 0 Å². The van der Waals surface area contributed by atoms with E-state index in [1.807, 2.05) is 72.9 Å². The number of benzene rings is 2. The number of aromatic nitrogens is 1. The number of hydrogen-bond acceptors (Lipinski definition) is 8. The van der Waals surface area contributed by atoms with Crippen LogP contribution in [0.2, 0.25) is 0 Å². The zero-order valence-corrected chi connectivity index (χ0v) is 24.7. The number of hydroxylamine groups is 1. The van der Waals surface area contributed by atoms with Crippen molar-refractivity contribution in [3.63, 3.8) is 0 Å². The van der Waals surface area contributed by atoms with Gasteiger partial charge >= 0.3 is 0 Å². The number of hydrogen-bond donors (Lipinski definition) is 4. The summed E-state index contributed by atoms with van der Waals surface area (Å²) in [6.07, 6.45) is 5.12. The predicted molar refractivity (Wildman–Crippen MR) is 162 cm³/mol. The van der Waals surface area contributed by atoms with Crippen molar-refractivity contribution in [2.24, 2.45) is 0 Å². The maximum Gasteiger partial charge on any atom is 0.243 e. The number of nitrogens with zero attached hydrogens (tertiary/aromatic N) is 2. The Morgan fingerprint density at radius 1 is 0.930 bits per heavy atom. The van der Waals surface area contributed by atoms with Crippen LogP contribution in [-0.4, -0.2) is 58.3 Å². The van der Waals surface area contributed by atoms with E-state index < -0.39 is 12.2 Å². The Bertz CT molecular complexity index is 1270. The van der Waals surface area contributed by atoms with E-state index in [-0.39, 0.29) is 31.1 Å². The van der Waals surface area contributed by atoms with Gasteiger partial charge in [0, 0.05) is 61.9 Å². The van der Waals surface area contributed by atoms with Crippen LogP contribution in [0.1, 0.15) is 73.3 Å². The number of carbonyl (C=O) groups excluding carboxylic acids is 2. The molecule has 2 amide bonds. The quantitative estimate of drug-likeness (QED) is 0.114. The first-order valence-electron chi connectivity index (χ1n) is 14.9. The molecule has 10 nitrogen and oxygen atoms in total. The molecular formula is C33H42N4O6. The van der Waals surface area contributed by atoms with Crippen molar-refractivity contribution in [2.75, 3.05) is 25.5 Å². The molecule has 1 aliphatic rings. The van der Waals surface area contributed by atoms with Crippen LogP contribution in [0.4, 0.5) is 5.69 Å². The van der Waals surface area contributed by atoms with Gasteiger partial charge in [0.1, 0.15) is 0 Å². The number of likely N-dealkylation sites (N-methyl/N-ethyl adjacent to an activating group) is 1. The van der Waals surface area contributed by atoms with E-state index in [0.29, 0.717) is 31.4 Å². The molecule has 2 heterocycles. The van der Waals surface area contributed by atoms with Gasteiger partial charge < -0.3 is 24.8 Å². The van der Waals surface area contributed by atoms with E-state index in [2.05, 4.69) is 22.2 Å². The number of rotatable bonds is 15. The Hall–Kier alpha value is -3.67. The molecule has 0 aliphatic carbocycles. The molecule has 3 atom stereocenters. The van der Waals surface area contributed by atoms with Gasteiger partial charge in [-0.1, -0.05) is 48.9 Å². The minimum absolute atomic E-state index is 0.00648. The number of anilines is 1. The Labute approximate surface area is 253 Å². The van der Waals surface area contributed by atoms with Crippen LogP contribution < -0.4 is 10.8 Å². The van der Waals surface area contributed by atoms with Gasteiger partial charge in [-0.3, -0.25) is 19.8 Å². The first-order valence-corrected chi connectivity index (χ1v) is 14.9. The fourth-order valence-electron chi connectivity index (χ4n) is 5.07. The first-order chi connectivity index (χ1) is 20.9. The smallest absolute Gasteiger partial charge is 0.243 e. The highest BCUT2D eigenvalue weighted by atomic mass is 16.7. The lowest BCUT2D eigenvalue weighted by molar-refractivity contribution is -0.252. The van der Waals surface area contributed by atoms with Gasteiger partial charge in [0.05, 0.1) is 18.8 Å². The topological polar surface area (TPSA) is 133 Å². The second kappa shape index (κ2) is 16.8. The Kier molecular flexibility index (Phi) is 12.6. The van der Waals surface area contributed by atoms with Crippen molar-refractivity contribution < 1.29 is 29.4 Å². The summed E-state index contributed by atoms with van der Waals surface area (Å²) in [5.74, 6) is -0.509. The summed E-state index contributed by atoms with van der Waals surface area (Å²) in [6, 6.07) is 21.3. The fourth-order valence-corrected chi connectivity index (χ4v) is 5.07. The average molecular weight is 591 g/mol. The molecule has 2 aromatic carbocycles. The fraction of sp³-hybridized carbons (Fsp3) is 0.424. The molecule has 0 unspecified atom stereocenters. The molecule has 4 rings (SSSR count). The zero-order valence-electron chi connectivity index (χ0n) is 24.7. The van der Waals surface area contributed by atoms with E-state index in [1.54, 1.807) is 5.48 Å². The van der Waals surface area contributed by atoms with E-state index in [9.17, 15) is 14.7 Å². The Morgan fingerprint density at radius 3 is 2.33 bits per heavy atom. The third-order valence-electron chi connectivity index (χ3n) is 7.51. The van der Waals surface area contributed by atoms with E-state index >= 15 is 0 Å². The van der Waals surface area contributed by atoms with Crippen LogP contribution in [0.25, 0.3) is 0 Å². The van der Waals surface area contributed by atoms with E-state index in [4.69, 9.17) is 14.7 Å². The van der Waals surface area contributed by atoms with Gasteiger partial charge in [0.2, 0.25) is 11.8 Å². The van der Waals surface area contributed by atoms with Crippen LogP contribution in [0.15, 0.2) is 72.9 Å². The highest BCUT2D eigenvalue weighted by Crippen LogP contribution is 2.38. The van der Waals surface area contributed by atoms with Gasteiger partial charge in [-0.05, 0) is 55.3 Å². The normalized spacial score (nSPS) is 18.4. The molecule has 10 heteroatoms. The molecular weight excluding hydrogens is 548 g/mol. The van der Waals surface area contributed by atoms with Gasteiger partial charge in [0.15, 0.2) is 6.29 Å². The molecule has 3 aromatic rings. The predicted octanol–water partition coefficient (Wildman–Crippen LogP) is 4.69. The summed E-state index contributed by atoms with van der Waals surface area (Å²) in [5.41, 5.74) is 6.10. The van der Waals surface area contributed by atoms with Crippen LogP contribution in [-0.2, 0) is 32.1 Å². The lowest BCUT2D eigenvalue weighted by Gasteiger charge is -2.38. The second-order valence-corrected chi connectivity index (χ2v) is 10.9. The molecule has 230 valence electrons. The Morgan fingerprint density at radius 2 is 1.65 bits per heavy atom. The first kappa shape index (κ1) is 32.2. The maximum absolute atomic E-state index is 12.4. The zero-order chi connectivity index (χ0) is 30.4. The molecule has 1 saturated heterocycles. The average Bonchev–Trinajstić information content (AvgIpc) is 3.04. The van der Waals surface area contributed by atoms with Crippen molar-refractivity contribution in [1.29, 1.82) is 0 Å². The molecule has 0 saturated carbocycles. The summed E-state index contributed by atoms with van der Waals surface area (Å²) >= 11 is 0. The summed E-state index contributed by atoms with van der Waals surface area (Å²) in [4.78, 5) is 30.1. The third-order valence-corrected chi connectivity index (χ3v) is 7.51. The van der Waals surface area contributed by atoms with E-state index in [0.717, 1.165) is 48.3 Å².